The molecule has 2 rings (SSSR count). The third-order valence-electron chi connectivity index (χ3n) is 3.59. The molecule has 0 atom stereocenters. The van der Waals surface area contributed by atoms with Gasteiger partial charge in [-0.2, -0.15) is 5.26 Å². The molecule has 0 aliphatic carbocycles. The number of benzene rings is 2. The van der Waals surface area contributed by atoms with Gasteiger partial charge >= 0.3 is 0 Å². The lowest BCUT2D eigenvalue weighted by atomic mass is 10.0. The van der Waals surface area contributed by atoms with E-state index in [0.29, 0.717) is 17.7 Å². The van der Waals surface area contributed by atoms with Crippen molar-refractivity contribution in [2.75, 3.05) is 11.9 Å². The highest BCUT2D eigenvalue weighted by Crippen LogP contribution is 2.24. The van der Waals surface area contributed by atoms with E-state index in [-0.39, 0.29) is 5.78 Å². The lowest BCUT2D eigenvalue weighted by molar-refractivity contribution is 0.101. The summed E-state index contributed by atoms with van der Waals surface area (Å²) in [6.45, 7) is 4.31. The van der Waals surface area contributed by atoms with Crippen LogP contribution in [0.4, 0.5) is 5.69 Å². The summed E-state index contributed by atoms with van der Waals surface area (Å²) in [5.41, 5.74) is 4.42. The van der Waals surface area contributed by atoms with Gasteiger partial charge in [0.15, 0.2) is 5.78 Å². The van der Waals surface area contributed by atoms with Crippen molar-refractivity contribution in [3.63, 3.8) is 0 Å². The zero-order valence-corrected chi connectivity index (χ0v) is 12.6. The summed E-state index contributed by atoms with van der Waals surface area (Å²) in [7, 11) is 1.94. The van der Waals surface area contributed by atoms with Crippen LogP contribution in [0.5, 0.6) is 0 Å². The van der Waals surface area contributed by atoms with Gasteiger partial charge in [0.2, 0.25) is 0 Å². The van der Waals surface area contributed by atoms with Gasteiger partial charge in [0, 0.05) is 24.8 Å². The summed E-state index contributed by atoms with van der Waals surface area (Å²) >= 11 is 0. The minimum Gasteiger partial charge on any atom is -0.370 e. The molecular weight excluding hydrogens is 260 g/mol. The number of rotatable bonds is 4. The fourth-order valence-corrected chi connectivity index (χ4v) is 2.34. The average Bonchev–Trinajstić information content (AvgIpc) is 2.48. The fraction of sp³-hybridized carbons (Fsp3) is 0.222. The van der Waals surface area contributed by atoms with E-state index in [1.54, 1.807) is 25.1 Å². The first-order chi connectivity index (χ1) is 10.0. The van der Waals surface area contributed by atoms with Gasteiger partial charge in [-0.3, -0.25) is 4.79 Å². The van der Waals surface area contributed by atoms with Crippen LogP contribution in [0.2, 0.25) is 0 Å². The highest BCUT2D eigenvalue weighted by atomic mass is 16.1. The van der Waals surface area contributed by atoms with Gasteiger partial charge in [0.1, 0.15) is 0 Å². The second kappa shape index (κ2) is 6.23. The SMILES string of the molecule is CC(=O)c1ccc(C#N)cc1N(C)Cc1ccccc1C. The highest BCUT2D eigenvalue weighted by molar-refractivity contribution is 6.00. The fourth-order valence-electron chi connectivity index (χ4n) is 2.34. The van der Waals surface area contributed by atoms with Crippen molar-refractivity contribution in [3.8, 4) is 6.07 Å². The van der Waals surface area contributed by atoms with Crippen LogP contribution in [0.1, 0.15) is 34.0 Å². The van der Waals surface area contributed by atoms with Crippen LogP contribution in [0.25, 0.3) is 0 Å². The molecule has 0 heterocycles. The van der Waals surface area contributed by atoms with Gasteiger partial charge < -0.3 is 4.90 Å². The van der Waals surface area contributed by atoms with Crippen LogP contribution < -0.4 is 4.90 Å². The Morgan fingerprint density at radius 1 is 1.24 bits per heavy atom. The number of nitriles is 1. The molecule has 0 radical (unpaired) electrons. The van der Waals surface area contributed by atoms with E-state index in [0.717, 1.165) is 5.69 Å². The van der Waals surface area contributed by atoms with E-state index in [2.05, 4.69) is 25.1 Å². The van der Waals surface area contributed by atoms with E-state index in [4.69, 9.17) is 5.26 Å². The van der Waals surface area contributed by atoms with Gasteiger partial charge in [-0.05, 0) is 43.2 Å². The Hall–Kier alpha value is -2.60. The summed E-state index contributed by atoms with van der Waals surface area (Å²) < 4.78 is 0. The number of carbonyl (C=O) groups excluding carboxylic acids is 1. The van der Waals surface area contributed by atoms with Crippen molar-refractivity contribution in [1.82, 2.24) is 0 Å². The van der Waals surface area contributed by atoms with E-state index in [9.17, 15) is 4.79 Å². The van der Waals surface area contributed by atoms with E-state index in [1.165, 1.54) is 11.1 Å². The van der Waals surface area contributed by atoms with Crippen LogP contribution in [-0.2, 0) is 6.54 Å². The Kier molecular flexibility index (Phi) is 4.39. The summed E-state index contributed by atoms with van der Waals surface area (Å²) in [4.78, 5) is 13.8. The molecule has 2 aromatic rings. The number of ketones is 1. The van der Waals surface area contributed by atoms with E-state index < -0.39 is 0 Å². The minimum atomic E-state index is 0.00567. The van der Waals surface area contributed by atoms with Crippen LogP contribution >= 0.6 is 0 Å². The highest BCUT2D eigenvalue weighted by Gasteiger charge is 2.13. The van der Waals surface area contributed by atoms with Crippen molar-refractivity contribution in [1.29, 1.82) is 5.26 Å². The molecule has 3 nitrogen and oxygen atoms in total. The third kappa shape index (κ3) is 3.29. The van der Waals surface area contributed by atoms with Gasteiger partial charge in [0.25, 0.3) is 0 Å². The number of carbonyl (C=O) groups is 1. The first kappa shape index (κ1) is 14.8. The number of Topliss-reactive ketones (excluding diaryl/α,β-unsaturated/α-hetero) is 1. The maximum absolute atomic E-state index is 11.8. The first-order valence-electron chi connectivity index (χ1n) is 6.83. The Balaban J connectivity index is 2.38. The van der Waals surface area contributed by atoms with Crippen molar-refractivity contribution >= 4 is 11.5 Å². The quantitative estimate of drug-likeness (QED) is 0.801. The number of hydrogen-bond acceptors (Lipinski definition) is 3. The predicted octanol–water partition coefficient (Wildman–Crippen LogP) is 3.71. The molecule has 3 heteroatoms. The Morgan fingerprint density at radius 2 is 1.95 bits per heavy atom. The number of aryl methyl sites for hydroxylation is 1. The molecule has 0 saturated carbocycles. The molecule has 2 aromatic carbocycles. The van der Waals surface area contributed by atoms with Gasteiger partial charge in [-0.1, -0.05) is 24.3 Å². The Labute approximate surface area is 125 Å². The molecular formula is C18H18N2O. The summed E-state index contributed by atoms with van der Waals surface area (Å²) in [6, 6.07) is 15.5. The smallest absolute Gasteiger partial charge is 0.161 e. The topological polar surface area (TPSA) is 44.1 Å². The normalized spacial score (nSPS) is 10.0. The molecule has 21 heavy (non-hydrogen) atoms. The van der Waals surface area contributed by atoms with Crippen LogP contribution in [0.15, 0.2) is 42.5 Å². The predicted molar refractivity (Wildman–Crippen MR) is 84.4 cm³/mol. The van der Waals surface area contributed by atoms with Crippen molar-refractivity contribution < 1.29 is 4.79 Å². The van der Waals surface area contributed by atoms with E-state index in [1.807, 2.05) is 24.1 Å². The molecule has 0 aliphatic heterocycles. The van der Waals surface area contributed by atoms with Crippen LogP contribution in [0, 0.1) is 18.3 Å². The zero-order chi connectivity index (χ0) is 15.4. The number of hydrogen-bond donors (Lipinski definition) is 0. The molecule has 0 N–H and O–H groups in total. The zero-order valence-electron chi connectivity index (χ0n) is 12.6. The molecule has 106 valence electrons. The van der Waals surface area contributed by atoms with Gasteiger partial charge in [-0.25, -0.2) is 0 Å². The largest absolute Gasteiger partial charge is 0.370 e. The first-order valence-corrected chi connectivity index (χ1v) is 6.83. The molecule has 0 bridgehead atoms. The second-order valence-corrected chi connectivity index (χ2v) is 5.18. The van der Waals surface area contributed by atoms with Gasteiger partial charge in [0.05, 0.1) is 11.6 Å². The number of anilines is 1. The maximum atomic E-state index is 11.8. The third-order valence-corrected chi connectivity index (χ3v) is 3.59. The summed E-state index contributed by atoms with van der Waals surface area (Å²) in [5, 5.41) is 9.05. The minimum absolute atomic E-state index is 0.00567. The van der Waals surface area contributed by atoms with Crippen LogP contribution in [0.3, 0.4) is 0 Å². The second-order valence-electron chi connectivity index (χ2n) is 5.18. The molecule has 0 amide bonds. The standard InChI is InChI=1S/C18H18N2O/c1-13-6-4-5-7-16(13)12-20(3)18-10-15(11-19)8-9-17(18)14(2)21/h4-10H,12H2,1-3H3. The Bertz CT molecular complexity index is 713. The molecule has 0 fully saturated rings. The lowest BCUT2D eigenvalue weighted by Gasteiger charge is -2.23. The van der Waals surface area contributed by atoms with Crippen molar-refractivity contribution in [3.05, 3.63) is 64.7 Å². The van der Waals surface area contributed by atoms with Gasteiger partial charge in [-0.15, -0.1) is 0 Å². The monoisotopic (exact) mass is 278 g/mol. The van der Waals surface area contributed by atoms with Crippen molar-refractivity contribution in [2.45, 2.75) is 20.4 Å². The molecule has 0 saturated heterocycles. The summed E-state index contributed by atoms with van der Waals surface area (Å²) in [5.74, 6) is 0.00567. The molecule has 0 aromatic heterocycles. The maximum Gasteiger partial charge on any atom is 0.161 e. The average molecular weight is 278 g/mol. The molecule has 0 unspecified atom stereocenters. The Morgan fingerprint density at radius 3 is 2.57 bits per heavy atom. The molecule has 0 spiro atoms. The van der Waals surface area contributed by atoms with Crippen molar-refractivity contribution in [2.24, 2.45) is 0 Å². The van der Waals surface area contributed by atoms with E-state index >= 15 is 0 Å². The van der Waals surface area contributed by atoms with Crippen LogP contribution in [-0.4, -0.2) is 12.8 Å². The summed E-state index contributed by atoms with van der Waals surface area (Å²) in [6.07, 6.45) is 0. The lowest BCUT2D eigenvalue weighted by Crippen LogP contribution is -2.19. The molecule has 0 aliphatic rings. The number of nitrogens with zero attached hydrogens (tertiary/aromatic N) is 2.